The van der Waals surface area contributed by atoms with Gasteiger partial charge in [-0.1, -0.05) is 44.0 Å². The molecule has 1 aliphatic carbocycles. The molecule has 94 valence electrons. The zero-order valence-electron chi connectivity index (χ0n) is 9.21. The molecule has 1 unspecified atom stereocenters. The van der Waals surface area contributed by atoms with E-state index in [9.17, 15) is 0 Å². The first kappa shape index (κ1) is 14.3. The Labute approximate surface area is 115 Å². The molecule has 0 spiro atoms. The van der Waals surface area contributed by atoms with Crippen molar-refractivity contribution in [1.82, 2.24) is 0 Å². The summed E-state index contributed by atoms with van der Waals surface area (Å²) in [5.74, 6) is 1.36. The molecule has 1 heterocycles. The van der Waals surface area contributed by atoms with Crippen LogP contribution >= 0.6 is 18.4 Å². The first-order valence-electron chi connectivity index (χ1n) is 5.02. The summed E-state index contributed by atoms with van der Waals surface area (Å²) in [7, 11) is 7.29. The molecule has 0 bridgehead atoms. The number of hydrogen-bond donors (Lipinski definition) is 0. The Kier molecular flexibility index (Phi) is 6.17. The molecule has 2 aliphatic rings. The Bertz CT molecular complexity index is 339. The molecule has 1 aliphatic heterocycles. The fourth-order valence-electron chi connectivity index (χ4n) is 1.51. The Morgan fingerprint density at radius 2 is 2.25 bits per heavy atom. The van der Waals surface area contributed by atoms with Crippen LogP contribution in [0.4, 0.5) is 0 Å². The van der Waals surface area contributed by atoms with Crippen molar-refractivity contribution in [1.29, 1.82) is 0 Å². The van der Waals surface area contributed by atoms with E-state index in [1.54, 1.807) is 20.0 Å². The summed E-state index contributed by atoms with van der Waals surface area (Å²) >= 11 is 1.75. The van der Waals surface area contributed by atoms with Gasteiger partial charge in [0.1, 0.15) is 0 Å². The Hall–Kier alpha value is 0.280. The van der Waals surface area contributed by atoms with Crippen LogP contribution in [0.15, 0.2) is 35.0 Å². The van der Waals surface area contributed by atoms with Gasteiger partial charge in [-0.15, -0.1) is 9.24 Å². The number of nitrogens with zero attached hydrogens (tertiary/aromatic N) is 1. The topological polar surface area (TPSA) is 23.3 Å². The van der Waals surface area contributed by atoms with E-state index < -0.39 is 0 Å². The van der Waals surface area contributed by atoms with E-state index in [-0.39, 0.29) is 0 Å². The van der Waals surface area contributed by atoms with Crippen molar-refractivity contribution in [3.05, 3.63) is 40.3 Å². The van der Waals surface area contributed by atoms with Crippen LogP contribution in [-0.4, -0.2) is 12.6 Å². The van der Waals surface area contributed by atoms with Gasteiger partial charge in [-0.3, -0.25) is 0 Å². The first-order chi connectivity index (χ1) is 7.68. The summed E-state index contributed by atoms with van der Waals surface area (Å²) in [6.07, 6.45) is 6.12. The standard InChI is InChI=1S/C11H15NOP.Au.ClH/c1-7(2)9-6-13-11(12-9)8-4-3-5-10(8)14;;/h3-5,7,9H,6,14H2,1-2H3;;1H/q-1;+1;/p-1/b11-8+;;/t9-;;/m1../s1. The van der Waals surface area contributed by atoms with Crippen LogP contribution in [-0.2, 0) is 24.7 Å². The van der Waals surface area contributed by atoms with Gasteiger partial charge in [-0.25, -0.2) is 0 Å². The van der Waals surface area contributed by atoms with E-state index in [2.05, 4.69) is 43.7 Å². The van der Waals surface area contributed by atoms with Gasteiger partial charge in [-0.2, -0.15) is 0 Å². The second kappa shape index (κ2) is 6.88. The van der Waals surface area contributed by atoms with Crippen LogP contribution in [0.3, 0.4) is 0 Å². The molecule has 0 amide bonds. The fraction of sp³-hybridized carbons (Fsp3) is 0.455. The van der Waals surface area contributed by atoms with Crippen molar-refractivity contribution in [2.75, 3.05) is 6.61 Å². The number of rotatable bonds is 1. The molecule has 2 atom stereocenters. The van der Waals surface area contributed by atoms with Crippen LogP contribution in [0.1, 0.15) is 13.8 Å². The zero-order chi connectivity index (χ0) is 12.1. The quantitative estimate of drug-likeness (QED) is 0.451. The van der Waals surface area contributed by atoms with E-state index in [0.29, 0.717) is 12.0 Å². The number of ether oxygens (including phenoxy) is 1. The molecule has 2 rings (SSSR count). The molecule has 0 aromatic carbocycles. The molecule has 16 heavy (non-hydrogen) atoms. The average Bonchev–Trinajstić information content (AvgIpc) is 2.88. The number of allylic oxidation sites excluding steroid dienone is 5. The van der Waals surface area contributed by atoms with Crippen molar-refractivity contribution in [2.45, 2.75) is 19.9 Å². The number of halogens is 1. The molecule has 1 saturated heterocycles. The van der Waals surface area contributed by atoms with Gasteiger partial charge in [0, 0.05) is 11.5 Å². The van der Waals surface area contributed by atoms with Gasteiger partial charge in [0.25, 0.3) is 0 Å². The zero-order valence-corrected chi connectivity index (χ0v) is 13.3. The van der Waals surface area contributed by atoms with Crippen LogP contribution in [0.5, 0.6) is 0 Å². The molecule has 1 fully saturated rings. The summed E-state index contributed by atoms with van der Waals surface area (Å²) < 4.78 is 5.59. The normalized spacial score (nSPS) is 27.2. The Balaban J connectivity index is 0.000000606. The van der Waals surface area contributed by atoms with E-state index >= 15 is 0 Å². The maximum atomic E-state index is 5.59. The molecule has 0 saturated carbocycles. The van der Waals surface area contributed by atoms with Crippen LogP contribution in [0, 0.1) is 5.92 Å². The van der Waals surface area contributed by atoms with Crippen LogP contribution in [0.2, 0.25) is 0 Å². The van der Waals surface area contributed by atoms with Crippen molar-refractivity contribution in [3.63, 3.8) is 0 Å². The van der Waals surface area contributed by atoms with Gasteiger partial charge in [-0.05, 0) is 5.31 Å². The molecular formula is C11H15AuClNOP-. The minimum atomic E-state index is 0.323. The van der Waals surface area contributed by atoms with Gasteiger partial charge in [0.05, 0.1) is 6.61 Å². The third-order valence-corrected chi connectivity index (χ3v) is 3.03. The molecule has 0 aromatic rings. The predicted octanol–water partition coefficient (Wildman–Crippen LogP) is 3.64. The molecule has 0 N–H and O–H groups in total. The van der Waals surface area contributed by atoms with E-state index in [1.165, 1.54) is 0 Å². The van der Waals surface area contributed by atoms with Gasteiger partial charge in [0.2, 0.25) is 0 Å². The molecular weight excluding hydrogens is 426 g/mol. The summed E-state index contributed by atoms with van der Waals surface area (Å²) in [6.45, 7) is 5.07. The molecule has 2 nitrogen and oxygen atoms in total. The predicted molar refractivity (Wildman–Crippen MR) is 67.7 cm³/mol. The van der Waals surface area contributed by atoms with Crippen molar-refractivity contribution in [2.24, 2.45) is 5.92 Å². The SMILES string of the molecule is CC(C)[C@H]1CO/C(=C2\C=CC=C2P)[N-]1.[Cl][Au]. The van der Waals surface area contributed by atoms with Gasteiger partial charge >= 0.3 is 29.2 Å². The molecule has 0 radical (unpaired) electrons. The Morgan fingerprint density at radius 1 is 1.56 bits per heavy atom. The molecule has 0 aromatic heterocycles. The van der Waals surface area contributed by atoms with E-state index in [1.807, 2.05) is 12.2 Å². The van der Waals surface area contributed by atoms with Crippen LogP contribution < -0.4 is 0 Å². The third kappa shape index (κ3) is 3.38. The second-order valence-electron chi connectivity index (χ2n) is 3.95. The first-order valence-corrected chi connectivity index (χ1v) is 8.28. The minimum absolute atomic E-state index is 0.323. The average molecular weight is 441 g/mol. The van der Waals surface area contributed by atoms with Crippen molar-refractivity contribution >= 4 is 18.4 Å². The summed E-state index contributed by atoms with van der Waals surface area (Å²) in [5.41, 5.74) is 1.11. The second-order valence-corrected chi connectivity index (χ2v) is 4.57. The van der Waals surface area contributed by atoms with E-state index in [0.717, 1.165) is 23.4 Å². The Morgan fingerprint density at radius 3 is 2.69 bits per heavy atom. The molecule has 5 heteroatoms. The summed E-state index contributed by atoms with van der Waals surface area (Å²) in [5, 5.41) is 5.73. The summed E-state index contributed by atoms with van der Waals surface area (Å²) in [6, 6.07) is 0.323. The van der Waals surface area contributed by atoms with Gasteiger partial charge in [0.15, 0.2) is 0 Å². The number of hydrogen-bond acceptors (Lipinski definition) is 1. The van der Waals surface area contributed by atoms with E-state index in [4.69, 9.17) is 4.74 Å². The monoisotopic (exact) mass is 440 g/mol. The van der Waals surface area contributed by atoms with Crippen molar-refractivity contribution < 1.29 is 24.7 Å². The van der Waals surface area contributed by atoms with Crippen LogP contribution in [0.25, 0.3) is 5.32 Å². The maximum absolute atomic E-state index is 5.59. The third-order valence-electron chi connectivity index (χ3n) is 2.52. The summed E-state index contributed by atoms with van der Waals surface area (Å²) in [4.78, 5) is 0. The fourth-order valence-corrected chi connectivity index (χ4v) is 1.84. The van der Waals surface area contributed by atoms with Gasteiger partial charge < -0.3 is 10.1 Å². The van der Waals surface area contributed by atoms with Crippen molar-refractivity contribution in [3.8, 4) is 0 Å².